The van der Waals surface area contributed by atoms with Gasteiger partial charge in [-0.15, -0.1) is 0 Å². The molecule has 4 rings (SSSR count). The summed E-state index contributed by atoms with van der Waals surface area (Å²) in [6.07, 6.45) is -0.987. The van der Waals surface area contributed by atoms with E-state index in [0.29, 0.717) is 29.5 Å². The average Bonchev–Trinajstić information content (AvgIpc) is 3.34. The van der Waals surface area contributed by atoms with Crippen LogP contribution in [0.2, 0.25) is 0 Å². The standard InChI is InChI=1S/C26H25NO5/c1-4-27(18-12-13-21(30-2)24(16-18)31-3)26(29)23-15-14-22(32-23)25(28)20-11-7-9-17-8-5-6-10-19(17)20/h5-16,25,28H,4H2,1-3H3. The molecule has 0 saturated carbocycles. The molecule has 0 spiro atoms. The van der Waals surface area contributed by atoms with Gasteiger partial charge in [-0.05, 0) is 47.5 Å². The maximum atomic E-state index is 13.2. The normalized spacial score (nSPS) is 11.9. The first-order valence-corrected chi connectivity index (χ1v) is 10.4. The van der Waals surface area contributed by atoms with E-state index in [9.17, 15) is 9.90 Å². The van der Waals surface area contributed by atoms with Gasteiger partial charge in [0.05, 0.1) is 14.2 Å². The molecule has 3 aromatic carbocycles. The highest BCUT2D eigenvalue weighted by molar-refractivity contribution is 6.04. The number of hydrogen-bond acceptors (Lipinski definition) is 5. The molecular weight excluding hydrogens is 406 g/mol. The zero-order valence-electron chi connectivity index (χ0n) is 18.2. The number of fused-ring (bicyclic) bond motifs is 1. The van der Waals surface area contributed by atoms with Crippen molar-refractivity contribution in [2.75, 3.05) is 25.7 Å². The zero-order valence-corrected chi connectivity index (χ0v) is 18.2. The highest BCUT2D eigenvalue weighted by Crippen LogP contribution is 2.33. The Balaban J connectivity index is 1.63. The van der Waals surface area contributed by atoms with E-state index in [2.05, 4.69) is 0 Å². The minimum absolute atomic E-state index is 0.149. The van der Waals surface area contributed by atoms with Gasteiger partial charge in [0, 0.05) is 18.3 Å². The lowest BCUT2D eigenvalue weighted by Gasteiger charge is -2.21. The number of hydrogen-bond donors (Lipinski definition) is 1. The Kier molecular flexibility index (Phi) is 6.14. The fourth-order valence-electron chi connectivity index (χ4n) is 3.83. The molecule has 1 heterocycles. The van der Waals surface area contributed by atoms with Crippen LogP contribution in [0.5, 0.6) is 11.5 Å². The Morgan fingerprint density at radius 2 is 1.72 bits per heavy atom. The lowest BCUT2D eigenvalue weighted by molar-refractivity contribution is 0.0953. The monoisotopic (exact) mass is 431 g/mol. The van der Waals surface area contributed by atoms with Gasteiger partial charge < -0.3 is 23.9 Å². The molecule has 1 aromatic heterocycles. The summed E-state index contributed by atoms with van der Waals surface area (Å²) in [5, 5.41) is 12.9. The van der Waals surface area contributed by atoms with Crippen molar-refractivity contribution in [1.82, 2.24) is 0 Å². The minimum Gasteiger partial charge on any atom is -0.493 e. The third-order valence-electron chi connectivity index (χ3n) is 5.47. The number of carbonyl (C=O) groups is 1. The van der Waals surface area contributed by atoms with Crippen LogP contribution in [0, 0.1) is 0 Å². The summed E-state index contributed by atoms with van der Waals surface area (Å²) in [5.41, 5.74) is 1.38. The van der Waals surface area contributed by atoms with Crippen LogP contribution < -0.4 is 14.4 Å². The van der Waals surface area contributed by atoms with Gasteiger partial charge >= 0.3 is 0 Å². The van der Waals surface area contributed by atoms with Gasteiger partial charge in [0.25, 0.3) is 5.91 Å². The molecule has 1 N–H and O–H groups in total. The van der Waals surface area contributed by atoms with E-state index in [1.54, 1.807) is 49.5 Å². The second-order valence-corrected chi connectivity index (χ2v) is 7.26. The van der Waals surface area contributed by atoms with Crippen LogP contribution in [0.25, 0.3) is 10.8 Å². The second-order valence-electron chi connectivity index (χ2n) is 7.26. The Bertz CT molecular complexity index is 1240. The number of nitrogens with zero attached hydrogens (tertiary/aromatic N) is 1. The van der Waals surface area contributed by atoms with Crippen LogP contribution in [0.4, 0.5) is 5.69 Å². The van der Waals surface area contributed by atoms with Gasteiger partial charge in [-0.3, -0.25) is 4.79 Å². The molecule has 1 unspecified atom stereocenters. The van der Waals surface area contributed by atoms with Crippen molar-refractivity contribution in [1.29, 1.82) is 0 Å². The van der Waals surface area contributed by atoms with Crippen molar-refractivity contribution < 1.29 is 23.8 Å². The van der Waals surface area contributed by atoms with Crippen molar-refractivity contribution in [2.24, 2.45) is 0 Å². The summed E-state index contributed by atoms with van der Waals surface area (Å²) in [5.74, 6) is 1.26. The quantitative estimate of drug-likeness (QED) is 0.436. The number of furan rings is 1. The van der Waals surface area contributed by atoms with E-state index in [1.165, 1.54) is 0 Å². The molecule has 1 amide bonds. The summed E-state index contributed by atoms with van der Waals surface area (Å²) in [6.45, 7) is 2.31. The molecule has 0 radical (unpaired) electrons. The second kappa shape index (κ2) is 9.16. The number of methoxy groups -OCH3 is 2. The van der Waals surface area contributed by atoms with Crippen LogP contribution in [0.1, 0.15) is 34.9 Å². The summed E-state index contributed by atoms with van der Waals surface area (Å²) >= 11 is 0. The number of amides is 1. The van der Waals surface area contributed by atoms with Crippen LogP contribution in [-0.4, -0.2) is 31.8 Å². The van der Waals surface area contributed by atoms with E-state index in [4.69, 9.17) is 13.9 Å². The van der Waals surface area contributed by atoms with Crippen LogP contribution >= 0.6 is 0 Å². The number of carbonyl (C=O) groups excluding carboxylic acids is 1. The number of benzene rings is 3. The third kappa shape index (κ3) is 3.92. The molecule has 32 heavy (non-hydrogen) atoms. The maximum absolute atomic E-state index is 13.2. The summed E-state index contributed by atoms with van der Waals surface area (Å²) in [6, 6.07) is 22.1. The van der Waals surface area contributed by atoms with Crippen LogP contribution in [0.3, 0.4) is 0 Å². The lowest BCUT2D eigenvalue weighted by atomic mass is 9.99. The van der Waals surface area contributed by atoms with E-state index in [-0.39, 0.29) is 11.7 Å². The molecule has 6 nitrogen and oxygen atoms in total. The number of anilines is 1. The molecule has 6 heteroatoms. The molecule has 0 saturated heterocycles. The molecule has 0 aliphatic rings. The van der Waals surface area contributed by atoms with E-state index >= 15 is 0 Å². The molecular formula is C26H25NO5. The van der Waals surface area contributed by atoms with Gasteiger partial charge in [-0.25, -0.2) is 0 Å². The molecule has 4 aromatic rings. The number of aliphatic hydroxyl groups excluding tert-OH is 1. The Hall–Kier alpha value is -3.77. The Labute approximate surface area is 186 Å². The van der Waals surface area contributed by atoms with Crippen molar-refractivity contribution in [3.8, 4) is 11.5 Å². The van der Waals surface area contributed by atoms with E-state index in [1.807, 2.05) is 49.4 Å². The first kappa shape index (κ1) is 21.5. The average molecular weight is 431 g/mol. The summed E-state index contributed by atoms with van der Waals surface area (Å²) in [4.78, 5) is 14.8. The van der Waals surface area contributed by atoms with Gasteiger partial charge in [-0.2, -0.15) is 0 Å². The Morgan fingerprint density at radius 3 is 2.47 bits per heavy atom. The first-order valence-electron chi connectivity index (χ1n) is 10.4. The smallest absolute Gasteiger partial charge is 0.293 e. The zero-order chi connectivity index (χ0) is 22.7. The maximum Gasteiger partial charge on any atom is 0.293 e. The molecule has 0 fully saturated rings. The number of rotatable bonds is 7. The van der Waals surface area contributed by atoms with Crippen molar-refractivity contribution in [2.45, 2.75) is 13.0 Å². The molecule has 1 atom stereocenters. The summed E-state index contributed by atoms with van der Waals surface area (Å²) < 4.78 is 16.5. The highest BCUT2D eigenvalue weighted by Gasteiger charge is 2.24. The van der Waals surface area contributed by atoms with Crippen molar-refractivity contribution in [3.63, 3.8) is 0 Å². The predicted molar refractivity (Wildman–Crippen MR) is 124 cm³/mol. The molecule has 0 aliphatic carbocycles. The largest absolute Gasteiger partial charge is 0.493 e. The minimum atomic E-state index is -0.987. The summed E-state index contributed by atoms with van der Waals surface area (Å²) in [7, 11) is 3.11. The lowest BCUT2D eigenvalue weighted by Crippen LogP contribution is -2.30. The van der Waals surface area contributed by atoms with E-state index < -0.39 is 6.10 Å². The van der Waals surface area contributed by atoms with Crippen LogP contribution in [0.15, 0.2) is 77.2 Å². The van der Waals surface area contributed by atoms with Gasteiger partial charge in [0.1, 0.15) is 11.9 Å². The fraction of sp³-hybridized carbons (Fsp3) is 0.192. The fourth-order valence-corrected chi connectivity index (χ4v) is 3.83. The topological polar surface area (TPSA) is 72.1 Å². The van der Waals surface area contributed by atoms with E-state index in [0.717, 1.165) is 16.3 Å². The van der Waals surface area contributed by atoms with Gasteiger partial charge in [0.2, 0.25) is 0 Å². The van der Waals surface area contributed by atoms with Gasteiger partial charge in [0.15, 0.2) is 17.3 Å². The highest BCUT2D eigenvalue weighted by atomic mass is 16.5. The van der Waals surface area contributed by atoms with Crippen molar-refractivity contribution in [3.05, 3.63) is 89.9 Å². The first-order chi connectivity index (χ1) is 15.6. The molecule has 0 bridgehead atoms. The Morgan fingerprint density at radius 1 is 0.969 bits per heavy atom. The van der Waals surface area contributed by atoms with Crippen molar-refractivity contribution >= 4 is 22.4 Å². The molecule has 0 aliphatic heterocycles. The SMILES string of the molecule is CCN(C(=O)c1ccc(C(O)c2cccc3ccccc23)o1)c1ccc(OC)c(OC)c1. The molecule has 164 valence electrons. The third-order valence-corrected chi connectivity index (χ3v) is 5.47. The number of ether oxygens (including phenoxy) is 2. The number of aliphatic hydroxyl groups is 1. The predicted octanol–water partition coefficient (Wildman–Crippen LogP) is 5.20. The van der Waals surface area contributed by atoms with Gasteiger partial charge in [-0.1, -0.05) is 42.5 Å². The van der Waals surface area contributed by atoms with Crippen LogP contribution in [-0.2, 0) is 0 Å².